The zero-order chi connectivity index (χ0) is 13.4. The number of alkyl halides is 3. The van der Waals surface area contributed by atoms with Crippen LogP contribution in [0, 0.1) is 13.7 Å². The second-order valence-electron chi connectivity index (χ2n) is 3.17. The van der Waals surface area contributed by atoms with E-state index in [0.717, 1.165) is 13.0 Å². The molecule has 0 bridgehead atoms. The lowest BCUT2D eigenvalue weighted by atomic mass is 10.1. The van der Waals surface area contributed by atoms with Gasteiger partial charge in [-0.05, 0) is 29.5 Å². The lowest BCUT2D eigenvalue weighted by Crippen LogP contribution is -2.12. The van der Waals surface area contributed by atoms with Crippen LogP contribution in [0.25, 0.3) is 0 Å². The van der Waals surface area contributed by atoms with Crippen LogP contribution in [-0.2, 0) is 6.18 Å². The zero-order valence-electron chi connectivity index (χ0n) is 8.34. The molecule has 0 atom stereocenters. The summed E-state index contributed by atoms with van der Waals surface area (Å²) < 4.78 is 37.5. The Morgan fingerprint density at radius 2 is 1.94 bits per heavy atom. The second kappa shape index (κ2) is 4.59. The summed E-state index contributed by atoms with van der Waals surface area (Å²) in [5.41, 5.74) is -2.22. The van der Waals surface area contributed by atoms with Gasteiger partial charge in [-0.25, -0.2) is 0 Å². The number of hydrogen-bond donors (Lipinski definition) is 0. The van der Waals surface area contributed by atoms with Gasteiger partial charge in [0, 0.05) is 21.3 Å². The number of benzene rings is 1. The lowest BCUT2D eigenvalue weighted by molar-refractivity contribution is -0.385. The van der Waals surface area contributed by atoms with Gasteiger partial charge in [0.1, 0.15) is 0 Å². The van der Waals surface area contributed by atoms with Crippen molar-refractivity contribution in [2.75, 3.05) is 0 Å². The molecule has 1 rings (SSSR count). The first-order valence-corrected chi connectivity index (χ1v) is 5.28. The molecule has 0 amide bonds. The monoisotopic (exact) mass is 359 g/mol. The molecule has 1 aromatic rings. The topological polar surface area (TPSA) is 60.2 Å². The predicted molar refractivity (Wildman–Crippen MR) is 60.8 cm³/mol. The first kappa shape index (κ1) is 13.9. The van der Waals surface area contributed by atoms with Crippen LogP contribution in [-0.4, -0.2) is 10.7 Å². The number of carbonyl (C=O) groups excluding carboxylic acids is 1. The van der Waals surface area contributed by atoms with Gasteiger partial charge in [-0.15, -0.1) is 0 Å². The van der Waals surface area contributed by atoms with Gasteiger partial charge in [0.05, 0.1) is 10.5 Å². The van der Waals surface area contributed by atoms with Gasteiger partial charge in [-0.3, -0.25) is 14.9 Å². The summed E-state index contributed by atoms with van der Waals surface area (Å²) in [5, 5.41) is 10.5. The van der Waals surface area contributed by atoms with E-state index in [4.69, 9.17) is 0 Å². The summed E-state index contributed by atoms with van der Waals surface area (Å²) in [7, 11) is 0. The number of nitro benzene ring substituents is 1. The largest absolute Gasteiger partial charge is 0.417 e. The molecule has 1 aromatic carbocycles. The summed E-state index contributed by atoms with van der Waals surface area (Å²) >= 11 is 1.36. The Bertz CT molecular complexity index is 499. The Morgan fingerprint density at radius 1 is 1.41 bits per heavy atom. The third-order valence-corrected chi connectivity index (χ3v) is 3.12. The van der Waals surface area contributed by atoms with Gasteiger partial charge < -0.3 is 0 Å². The average Bonchev–Trinajstić information content (AvgIpc) is 2.15. The van der Waals surface area contributed by atoms with Crippen molar-refractivity contribution in [2.24, 2.45) is 0 Å². The van der Waals surface area contributed by atoms with Crippen LogP contribution in [0.3, 0.4) is 0 Å². The number of rotatable bonds is 2. The predicted octanol–water partition coefficient (Wildman–Crippen LogP) is 3.42. The highest BCUT2D eigenvalue weighted by molar-refractivity contribution is 14.1. The zero-order valence-corrected chi connectivity index (χ0v) is 10.5. The molecule has 0 saturated carbocycles. The first-order valence-electron chi connectivity index (χ1n) is 4.20. The van der Waals surface area contributed by atoms with Crippen molar-refractivity contribution in [1.29, 1.82) is 0 Å². The van der Waals surface area contributed by atoms with Gasteiger partial charge in [-0.2, -0.15) is 13.2 Å². The third kappa shape index (κ3) is 2.93. The van der Waals surface area contributed by atoms with E-state index in [-0.39, 0.29) is 9.13 Å². The van der Waals surface area contributed by atoms with E-state index in [2.05, 4.69) is 0 Å². The van der Waals surface area contributed by atoms with E-state index >= 15 is 0 Å². The molecule has 0 aliphatic heterocycles. The van der Waals surface area contributed by atoms with Gasteiger partial charge in [0.25, 0.3) is 5.69 Å². The molecule has 0 N–H and O–H groups in total. The first-order chi connectivity index (χ1) is 7.64. The van der Waals surface area contributed by atoms with E-state index in [1.807, 2.05) is 0 Å². The highest BCUT2D eigenvalue weighted by Gasteiger charge is 2.36. The molecule has 0 unspecified atom stereocenters. The van der Waals surface area contributed by atoms with Crippen molar-refractivity contribution in [2.45, 2.75) is 13.1 Å². The van der Waals surface area contributed by atoms with Gasteiger partial charge in [-0.1, -0.05) is 0 Å². The summed E-state index contributed by atoms with van der Waals surface area (Å²) in [6, 6.07) is 1.27. The highest BCUT2D eigenvalue weighted by atomic mass is 127. The van der Waals surface area contributed by atoms with Crippen molar-refractivity contribution >= 4 is 34.1 Å². The molecule has 0 saturated heterocycles. The molecule has 0 heterocycles. The SMILES string of the molecule is CC(=O)c1cc([N+](=O)[O-])cc(C(F)(F)F)c1I. The minimum Gasteiger partial charge on any atom is -0.294 e. The summed E-state index contributed by atoms with van der Waals surface area (Å²) in [5.74, 6) is -0.649. The van der Waals surface area contributed by atoms with Gasteiger partial charge in [0.2, 0.25) is 0 Å². The fourth-order valence-electron chi connectivity index (χ4n) is 1.18. The Kier molecular flexibility index (Phi) is 3.74. The number of ketones is 1. The minimum atomic E-state index is -4.73. The van der Waals surface area contributed by atoms with Crippen LogP contribution in [0.4, 0.5) is 18.9 Å². The fourth-order valence-corrected chi connectivity index (χ4v) is 2.17. The molecular formula is C9H5F3INO3. The third-order valence-electron chi connectivity index (χ3n) is 1.95. The molecule has 0 aliphatic rings. The molecule has 8 heteroatoms. The molecule has 0 fully saturated rings. The van der Waals surface area contributed by atoms with E-state index in [0.29, 0.717) is 6.07 Å². The summed E-state index contributed by atoms with van der Waals surface area (Å²) in [4.78, 5) is 20.7. The Morgan fingerprint density at radius 3 is 2.29 bits per heavy atom. The molecule has 17 heavy (non-hydrogen) atoms. The number of carbonyl (C=O) groups is 1. The maximum Gasteiger partial charge on any atom is 0.417 e. The standard InChI is InChI=1S/C9H5F3INO3/c1-4(15)6-2-5(14(16)17)3-7(8(6)13)9(10,11)12/h2-3H,1H3. The van der Waals surface area contributed by atoms with Crippen molar-refractivity contribution in [3.63, 3.8) is 0 Å². The molecule has 0 aromatic heterocycles. The molecule has 92 valence electrons. The van der Waals surface area contributed by atoms with E-state index < -0.39 is 28.1 Å². The van der Waals surface area contributed by atoms with E-state index in [1.165, 1.54) is 22.6 Å². The van der Waals surface area contributed by atoms with Crippen LogP contribution >= 0.6 is 22.6 Å². The number of nitrogens with zero attached hydrogens (tertiary/aromatic N) is 1. The van der Waals surface area contributed by atoms with Crippen molar-refractivity contribution in [3.05, 3.63) is 36.9 Å². The van der Waals surface area contributed by atoms with Crippen LogP contribution in [0.1, 0.15) is 22.8 Å². The van der Waals surface area contributed by atoms with E-state index in [9.17, 15) is 28.1 Å². The quantitative estimate of drug-likeness (QED) is 0.352. The second-order valence-corrected chi connectivity index (χ2v) is 4.24. The fraction of sp³-hybridized carbons (Fsp3) is 0.222. The van der Waals surface area contributed by atoms with Gasteiger partial charge in [0.15, 0.2) is 5.78 Å². The Balaban J connectivity index is 3.60. The van der Waals surface area contributed by atoms with Crippen LogP contribution in [0.2, 0.25) is 0 Å². The number of non-ortho nitro benzene ring substituents is 1. The maximum absolute atomic E-state index is 12.6. The number of Topliss-reactive ketones (excluding diaryl/α,β-unsaturated/α-hetero) is 1. The van der Waals surface area contributed by atoms with Crippen LogP contribution < -0.4 is 0 Å². The van der Waals surface area contributed by atoms with Crippen molar-refractivity contribution < 1.29 is 22.9 Å². The molecule has 0 aliphatic carbocycles. The maximum atomic E-state index is 12.6. The Hall–Kier alpha value is -1.19. The molecule has 0 spiro atoms. The van der Waals surface area contributed by atoms with E-state index in [1.54, 1.807) is 0 Å². The normalized spacial score (nSPS) is 11.4. The molecule has 4 nitrogen and oxygen atoms in total. The highest BCUT2D eigenvalue weighted by Crippen LogP contribution is 2.36. The Labute approximate surface area is 107 Å². The van der Waals surface area contributed by atoms with Crippen LogP contribution in [0.5, 0.6) is 0 Å². The molecule has 0 radical (unpaired) electrons. The smallest absolute Gasteiger partial charge is 0.294 e. The number of hydrogen-bond acceptors (Lipinski definition) is 3. The lowest BCUT2D eigenvalue weighted by Gasteiger charge is -2.11. The average molecular weight is 359 g/mol. The number of halogens is 4. The van der Waals surface area contributed by atoms with Crippen molar-refractivity contribution in [1.82, 2.24) is 0 Å². The van der Waals surface area contributed by atoms with Crippen LogP contribution in [0.15, 0.2) is 12.1 Å². The minimum absolute atomic E-state index is 0.299. The summed E-state index contributed by atoms with van der Waals surface area (Å²) in [6.45, 7) is 1.06. The molecular weight excluding hydrogens is 354 g/mol. The number of nitro groups is 1. The van der Waals surface area contributed by atoms with Crippen molar-refractivity contribution in [3.8, 4) is 0 Å². The van der Waals surface area contributed by atoms with Gasteiger partial charge >= 0.3 is 6.18 Å². The summed E-state index contributed by atoms with van der Waals surface area (Å²) in [6.07, 6.45) is -4.73.